The predicted molar refractivity (Wildman–Crippen MR) is 112 cm³/mol. The molecule has 0 unspecified atom stereocenters. The lowest BCUT2D eigenvalue weighted by Gasteiger charge is -2.14. The van der Waals surface area contributed by atoms with Crippen molar-refractivity contribution in [2.45, 2.75) is 57.7 Å². The van der Waals surface area contributed by atoms with Gasteiger partial charge in [0.05, 0.1) is 12.7 Å². The van der Waals surface area contributed by atoms with Gasteiger partial charge < -0.3 is 14.9 Å². The van der Waals surface area contributed by atoms with E-state index >= 15 is 0 Å². The third-order valence-electron chi connectivity index (χ3n) is 5.30. The van der Waals surface area contributed by atoms with E-state index in [2.05, 4.69) is 0 Å². The highest BCUT2D eigenvalue weighted by Gasteiger charge is 2.31. The molecule has 2 rings (SSSR count). The van der Waals surface area contributed by atoms with E-state index in [0.29, 0.717) is 38.7 Å². The number of aliphatic hydroxyl groups is 1. The minimum atomic E-state index is -0.779. The van der Waals surface area contributed by atoms with Crippen LogP contribution in [0.2, 0.25) is 0 Å². The summed E-state index contributed by atoms with van der Waals surface area (Å²) in [6.07, 6.45) is 11.3. The zero-order chi connectivity index (χ0) is 21.1. The van der Waals surface area contributed by atoms with Crippen LogP contribution in [0.15, 0.2) is 48.6 Å². The molecule has 1 fully saturated rings. The Balaban J connectivity index is 1.84. The third-order valence-corrected chi connectivity index (χ3v) is 5.30. The minimum Gasteiger partial charge on any atom is -0.481 e. The van der Waals surface area contributed by atoms with Crippen molar-refractivity contribution < 1.29 is 24.5 Å². The fraction of sp³-hybridized carbons (Fsp3) is 0.500. The number of carbonyl (C=O) groups is 2. The van der Waals surface area contributed by atoms with Crippen molar-refractivity contribution in [3.63, 3.8) is 0 Å². The number of rotatable bonds is 12. The van der Waals surface area contributed by atoms with Crippen molar-refractivity contribution in [3.8, 4) is 0 Å². The number of carbonyl (C=O) groups excluding carboxylic acids is 1. The van der Waals surface area contributed by atoms with Crippen molar-refractivity contribution in [3.05, 3.63) is 59.7 Å². The zero-order valence-corrected chi connectivity index (χ0v) is 17.1. The molecule has 1 saturated carbocycles. The van der Waals surface area contributed by atoms with E-state index in [4.69, 9.17) is 9.84 Å². The van der Waals surface area contributed by atoms with Crippen molar-refractivity contribution in [1.29, 1.82) is 0 Å². The number of hydrogen-bond donors (Lipinski definition) is 2. The van der Waals surface area contributed by atoms with Gasteiger partial charge in [0, 0.05) is 32.3 Å². The van der Waals surface area contributed by atoms with Gasteiger partial charge in [-0.1, -0.05) is 48.6 Å². The maximum Gasteiger partial charge on any atom is 0.303 e. The van der Waals surface area contributed by atoms with Gasteiger partial charge in [0.1, 0.15) is 5.78 Å². The summed E-state index contributed by atoms with van der Waals surface area (Å²) in [6, 6.07) is 8.00. The Morgan fingerprint density at radius 1 is 1.31 bits per heavy atom. The highest BCUT2D eigenvalue weighted by molar-refractivity contribution is 5.83. The molecular formula is C24H32O5. The average Bonchev–Trinajstić information content (AvgIpc) is 3.03. The third kappa shape index (κ3) is 8.34. The number of carboxylic acid groups (broad SMARTS) is 1. The minimum absolute atomic E-state index is 0.0424. The van der Waals surface area contributed by atoms with E-state index < -0.39 is 12.1 Å². The van der Waals surface area contributed by atoms with Gasteiger partial charge in [0.15, 0.2) is 0 Å². The summed E-state index contributed by atoms with van der Waals surface area (Å²) in [4.78, 5) is 22.7. The molecule has 0 bridgehead atoms. The molecule has 158 valence electrons. The molecule has 0 amide bonds. The van der Waals surface area contributed by atoms with E-state index in [-0.39, 0.29) is 24.0 Å². The SMILES string of the molecule is COCc1cccc(C[C@H](O)/C=C/[C@H]2CCC(=O)[C@@H]2C/C=C\CCCC(=O)O)c1. The van der Waals surface area contributed by atoms with Crippen LogP contribution in [0.4, 0.5) is 0 Å². The Morgan fingerprint density at radius 2 is 2.10 bits per heavy atom. The smallest absolute Gasteiger partial charge is 0.303 e. The number of benzene rings is 1. The number of Topliss-reactive ketones (excluding diaryl/α,β-unsaturated/α-hetero) is 1. The molecule has 0 spiro atoms. The molecular weight excluding hydrogens is 368 g/mol. The molecule has 0 radical (unpaired) electrons. The van der Waals surface area contributed by atoms with Crippen LogP contribution in [0.3, 0.4) is 0 Å². The molecule has 0 saturated heterocycles. The van der Waals surface area contributed by atoms with Crippen LogP contribution in [0.5, 0.6) is 0 Å². The summed E-state index contributed by atoms with van der Waals surface area (Å²) in [5.41, 5.74) is 2.14. The molecule has 0 aromatic heterocycles. The molecule has 5 heteroatoms. The first kappa shape index (κ1) is 23.0. The van der Waals surface area contributed by atoms with Crippen LogP contribution < -0.4 is 0 Å². The molecule has 5 nitrogen and oxygen atoms in total. The predicted octanol–water partition coefficient (Wildman–Crippen LogP) is 4.09. The average molecular weight is 401 g/mol. The van der Waals surface area contributed by atoms with Gasteiger partial charge in [-0.2, -0.15) is 0 Å². The molecule has 1 aromatic carbocycles. The lowest BCUT2D eigenvalue weighted by Crippen LogP contribution is -2.14. The van der Waals surface area contributed by atoms with Gasteiger partial charge >= 0.3 is 5.97 Å². The van der Waals surface area contributed by atoms with Crippen LogP contribution in [0.25, 0.3) is 0 Å². The normalized spacial score (nSPS) is 20.7. The van der Waals surface area contributed by atoms with E-state index in [0.717, 1.165) is 17.5 Å². The lowest BCUT2D eigenvalue weighted by atomic mass is 9.91. The van der Waals surface area contributed by atoms with Gasteiger partial charge in [-0.05, 0) is 42.7 Å². The van der Waals surface area contributed by atoms with E-state index in [9.17, 15) is 14.7 Å². The van der Waals surface area contributed by atoms with Gasteiger partial charge in [0.2, 0.25) is 0 Å². The maximum atomic E-state index is 12.2. The topological polar surface area (TPSA) is 83.8 Å². The van der Waals surface area contributed by atoms with Crippen LogP contribution >= 0.6 is 0 Å². The Morgan fingerprint density at radius 3 is 2.86 bits per heavy atom. The second-order valence-electron chi connectivity index (χ2n) is 7.68. The summed E-state index contributed by atoms with van der Waals surface area (Å²) in [5, 5.41) is 19.0. The lowest BCUT2D eigenvalue weighted by molar-refractivity contribution is -0.137. The van der Waals surface area contributed by atoms with Crippen LogP contribution in [0.1, 0.15) is 49.7 Å². The number of methoxy groups -OCH3 is 1. The quantitative estimate of drug-likeness (QED) is 0.408. The van der Waals surface area contributed by atoms with Crippen LogP contribution in [0, 0.1) is 11.8 Å². The summed E-state index contributed by atoms with van der Waals surface area (Å²) < 4.78 is 5.15. The fourth-order valence-electron chi connectivity index (χ4n) is 3.80. The molecule has 1 aromatic rings. The summed E-state index contributed by atoms with van der Waals surface area (Å²) in [7, 11) is 1.66. The van der Waals surface area contributed by atoms with E-state index in [1.165, 1.54) is 0 Å². The number of ether oxygens (including phenoxy) is 1. The van der Waals surface area contributed by atoms with Gasteiger partial charge in [0.25, 0.3) is 0 Å². The molecule has 2 N–H and O–H groups in total. The molecule has 0 aliphatic heterocycles. The summed E-state index contributed by atoms with van der Waals surface area (Å²) in [5.74, 6) is -0.394. The standard InChI is InChI=1S/C24H32O5/c1-29-17-19-8-6-7-18(15-19)16-21(25)13-11-20-12-14-23(26)22(20)9-4-2-3-5-10-24(27)28/h2,4,6-8,11,13,15,20-22,25H,3,5,9-10,12,14,16-17H2,1H3,(H,27,28)/b4-2-,13-11+/t20-,21+,22+/m0/s1. The highest BCUT2D eigenvalue weighted by atomic mass is 16.5. The van der Waals surface area contributed by atoms with Gasteiger partial charge in [-0.25, -0.2) is 0 Å². The van der Waals surface area contributed by atoms with Crippen molar-refractivity contribution in [2.24, 2.45) is 11.8 Å². The largest absolute Gasteiger partial charge is 0.481 e. The second-order valence-corrected chi connectivity index (χ2v) is 7.68. The number of allylic oxidation sites excluding steroid dienone is 3. The van der Waals surface area contributed by atoms with Gasteiger partial charge in [-0.15, -0.1) is 0 Å². The number of carboxylic acids is 1. The molecule has 1 aliphatic rings. The number of aliphatic hydroxyl groups excluding tert-OH is 1. The Hall–Kier alpha value is -2.24. The molecule has 29 heavy (non-hydrogen) atoms. The van der Waals surface area contributed by atoms with Crippen molar-refractivity contribution in [2.75, 3.05) is 7.11 Å². The van der Waals surface area contributed by atoms with Crippen LogP contribution in [-0.4, -0.2) is 35.2 Å². The van der Waals surface area contributed by atoms with Crippen molar-refractivity contribution in [1.82, 2.24) is 0 Å². The monoisotopic (exact) mass is 400 g/mol. The first-order valence-electron chi connectivity index (χ1n) is 10.3. The second kappa shape index (κ2) is 12.3. The van der Waals surface area contributed by atoms with E-state index in [1.807, 2.05) is 48.6 Å². The number of hydrogen-bond acceptors (Lipinski definition) is 4. The first-order valence-corrected chi connectivity index (χ1v) is 10.3. The van der Waals surface area contributed by atoms with Gasteiger partial charge in [-0.3, -0.25) is 9.59 Å². The summed E-state index contributed by atoms with van der Waals surface area (Å²) >= 11 is 0. The zero-order valence-electron chi connectivity index (χ0n) is 17.1. The Labute approximate surface area is 173 Å². The number of ketones is 1. The molecule has 1 aliphatic carbocycles. The molecule has 0 heterocycles. The first-order chi connectivity index (χ1) is 14.0. The maximum absolute atomic E-state index is 12.2. The van der Waals surface area contributed by atoms with Crippen molar-refractivity contribution >= 4 is 11.8 Å². The van der Waals surface area contributed by atoms with Crippen LogP contribution in [-0.2, 0) is 27.4 Å². The number of unbranched alkanes of at least 4 members (excludes halogenated alkanes) is 1. The Bertz CT molecular complexity index is 722. The number of aliphatic carboxylic acids is 1. The highest BCUT2D eigenvalue weighted by Crippen LogP contribution is 2.33. The fourth-order valence-corrected chi connectivity index (χ4v) is 3.80. The van der Waals surface area contributed by atoms with E-state index in [1.54, 1.807) is 7.11 Å². The summed E-state index contributed by atoms with van der Waals surface area (Å²) in [6.45, 7) is 0.551. The molecule has 3 atom stereocenters. The Kier molecular flexibility index (Phi) is 9.81.